The zero-order valence-electron chi connectivity index (χ0n) is 6.93. The summed E-state index contributed by atoms with van der Waals surface area (Å²) in [6.07, 6.45) is 5.66. The Labute approximate surface area is 67.2 Å². The Kier molecular flexibility index (Phi) is 2.32. The molecule has 0 aliphatic heterocycles. The molecule has 0 aromatic heterocycles. The smallest absolute Gasteiger partial charge is 0.311 e. The molecule has 0 aromatic rings. The second-order valence-corrected chi connectivity index (χ2v) is 3.10. The highest BCUT2D eigenvalue weighted by molar-refractivity contribution is 5.79. The summed E-state index contributed by atoms with van der Waals surface area (Å²) in [6.45, 7) is 3.62. The Hall–Kier alpha value is -0.790. The molecule has 0 saturated heterocycles. The molecule has 1 rings (SSSR count). The van der Waals surface area contributed by atoms with Gasteiger partial charge in [0.05, 0.1) is 12.5 Å². The third kappa shape index (κ3) is 1.62. The van der Waals surface area contributed by atoms with Crippen molar-refractivity contribution in [2.45, 2.75) is 25.7 Å². The minimum absolute atomic E-state index is 0.0423. The number of carbonyl (C=O) groups excluding carboxylic acids is 1. The first-order chi connectivity index (χ1) is 5.25. The molecule has 0 N–H and O–H groups in total. The highest BCUT2D eigenvalue weighted by Crippen LogP contribution is 2.50. The van der Waals surface area contributed by atoms with E-state index < -0.39 is 0 Å². The molecule has 0 radical (unpaired) electrons. The van der Waals surface area contributed by atoms with Crippen LogP contribution < -0.4 is 0 Å². The second kappa shape index (κ2) is 3.07. The minimum Gasteiger partial charge on any atom is -0.469 e. The molecule has 1 aliphatic carbocycles. The number of ether oxygens (including phenoxy) is 1. The molecule has 62 valence electrons. The van der Waals surface area contributed by atoms with Crippen LogP contribution in [-0.2, 0) is 9.53 Å². The van der Waals surface area contributed by atoms with Gasteiger partial charge in [-0.1, -0.05) is 6.08 Å². The Morgan fingerprint density at radius 3 is 2.73 bits per heavy atom. The van der Waals surface area contributed by atoms with Crippen LogP contribution >= 0.6 is 0 Å². The molecule has 0 atom stereocenters. The van der Waals surface area contributed by atoms with Crippen molar-refractivity contribution in [1.29, 1.82) is 0 Å². The van der Waals surface area contributed by atoms with Gasteiger partial charge in [-0.05, 0) is 25.7 Å². The largest absolute Gasteiger partial charge is 0.469 e. The standard InChI is InChI=1S/C9H14O2/c1-3-4-5-9(6-7-9)8(10)11-2/h3H,1,4-7H2,2H3. The maximum Gasteiger partial charge on any atom is 0.311 e. The Bertz CT molecular complexity index is 168. The van der Waals surface area contributed by atoms with Gasteiger partial charge >= 0.3 is 5.97 Å². The van der Waals surface area contributed by atoms with Crippen LogP contribution in [0.5, 0.6) is 0 Å². The van der Waals surface area contributed by atoms with Crippen LogP contribution in [0.2, 0.25) is 0 Å². The average Bonchev–Trinajstić information content (AvgIpc) is 2.80. The van der Waals surface area contributed by atoms with Crippen LogP contribution in [0.25, 0.3) is 0 Å². The van der Waals surface area contributed by atoms with E-state index in [1.54, 1.807) is 0 Å². The molecule has 2 heteroatoms. The van der Waals surface area contributed by atoms with Crippen molar-refractivity contribution in [3.8, 4) is 0 Å². The highest BCUT2D eigenvalue weighted by Gasteiger charge is 2.49. The second-order valence-electron chi connectivity index (χ2n) is 3.10. The summed E-state index contributed by atoms with van der Waals surface area (Å²) < 4.78 is 4.70. The van der Waals surface area contributed by atoms with E-state index in [2.05, 4.69) is 6.58 Å². The van der Waals surface area contributed by atoms with Crippen molar-refractivity contribution >= 4 is 5.97 Å². The predicted molar refractivity (Wildman–Crippen MR) is 43.1 cm³/mol. The lowest BCUT2D eigenvalue weighted by Crippen LogP contribution is -2.16. The van der Waals surface area contributed by atoms with E-state index in [1.807, 2.05) is 6.08 Å². The minimum atomic E-state index is -0.122. The van der Waals surface area contributed by atoms with Gasteiger partial charge in [0.2, 0.25) is 0 Å². The molecule has 0 unspecified atom stereocenters. The van der Waals surface area contributed by atoms with Crippen LogP contribution in [0.3, 0.4) is 0 Å². The molecule has 0 spiro atoms. The number of carbonyl (C=O) groups is 1. The molecule has 0 aromatic carbocycles. The van der Waals surface area contributed by atoms with E-state index in [9.17, 15) is 4.79 Å². The van der Waals surface area contributed by atoms with Gasteiger partial charge in [-0.15, -0.1) is 6.58 Å². The van der Waals surface area contributed by atoms with Gasteiger partial charge in [-0.2, -0.15) is 0 Å². The Balaban J connectivity index is 2.40. The Morgan fingerprint density at radius 1 is 1.73 bits per heavy atom. The van der Waals surface area contributed by atoms with Gasteiger partial charge in [0, 0.05) is 0 Å². The number of methoxy groups -OCH3 is 1. The van der Waals surface area contributed by atoms with Crippen molar-refractivity contribution < 1.29 is 9.53 Å². The van der Waals surface area contributed by atoms with E-state index in [0.29, 0.717) is 0 Å². The third-order valence-electron chi connectivity index (χ3n) is 2.30. The highest BCUT2D eigenvalue weighted by atomic mass is 16.5. The SMILES string of the molecule is C=CCCC1(C(=O)OC)CC1. The van der Waals surface area contributed by atoms with Crippen LogP contribution in [0.4, 0.5) is 0 Å². The van der Waals surface area contributed by atoms with E-state index in [4.69, 9.17) is 4.74 Å². The normalized spacial score (nSPS) is 19.0. The van der Waals surface area contributed by atoms with Crippen molar-refractivity contribution in [1.82, 2.24) is 0 Å². The summed E-state index contributed by atoms with van der Waals surface area (Å²) >= 11 is 0. The zero-order valence-corrected chi connectivity index (χ0v) is 6.93. The summed E-state index contributed by atoms with van der Waals surface area (Å²) in [6, 6.07) is 0. The van der Waals surface area contributed by atoms with E-state index in [-0.39, 0.29) is 11.4 Å². The van der Waals surface area contributed by atoms with Crippen molar-refractivity contribution in [2.24, 2.45) is 5.41 Å². The van der Waals surface area contributed by atoms with Crippen LogP contribution in [0.15, 0.2) is 12.7 Å². The van der Waals surface area contributed by atoms with Crippen molar-refractivity contribution in [3.05, 3.63) is 12.7 Å². The number of hydrogen-bond donors (Lipinski definition) is 0. The number of hydrogen-bond acceptors (Lipinski definition) is 2. The molecule has 1 aliphatic rings. The molecule has 2 nitrogen and oxygen atoms in total. The fourth-order valence-electron chi connectivity index (χ4n) is 1.30. The van der Waals surface area contributed by atoms with E-state index in [1.165, 1.54) is 7.11 Å². The van der Waals surface area contributed by atoms with Gasteiger partial charge in [0.1, 0.15) is 0 Å². The Morgan fingerprint density at radius 2 is 2.36 bits per heavy atom. The lowest BCUT2D eigenvalue weighted by atomic mass is 10.0. The summed E-state index contributed by atoms with van der Waals surface area (Å²) in [5.74, 6) is -0.0423. The number of esters is 1. The molecule has 0 heterocycles. The van der Waals surface area contributed by atoms with Crippen LogP contribution in [-0.4, -0.2) is 13.1 Å². The molecule has 0 bridgehead atoms. The average molecular weight is 154 g/mol. The quantitative estimate of drug-likeness (QED) is 0.456. The summed E-state index contributed by atoms with van der Waals surface area (Å²) in [4.78, 5) is 11.1. The fraction of sp³-hybridized carbons (Fsp3) is 0.667. The molecule has 1 saturated carbocycles. The first kappa shape index (κ1) is 8.31. The van der Waals surface area contributed by atoms with Gasteiger partial charge < -0.3 is 4.74 Å². The van der Waals surface area contributed by atoms with Crippen LogP contribution in [0, 0.1) is 5.41 Å². The van der Waals surface area contributed by atoms with Gasteiger partial charge in [-0.3, -0.25) is 4.79 Å². The fourth-order valence-corrected chi connectivity index (χ4v) is 1.30. The van der Waals surface area contributed by atoms with Gasteiger partial charge in [-0.25, -0.2) is 0 Å². The van der Waals surface area contributed by atoms with Crippen molar-refractivity contribution in [3.63, 3.8) is 0 Å². The van der Waals surface area contributed by atoms with E-state index >= 15 is 0 Å². The summed E-state index contributed by atoms with van der Waals surface area (Å²) in [7, 11) is 1.45. The molecule has 1 fully saturated rings. The summed E-state index contributed by atoms with van der Waals surface area (Å²) in [5, 5.41) is 0. The first-order valence-corrected chi connectivity index (χ1v) is 3.94. The first-order valence-electron chi connectivity index (χ1n) is 3.94. The summed E-state index contributed by atoms with van der Waals surface area (Å²) in [5.41, 5.74) is -0.122. The molecular weight excluding hydrogens is 140 g/mol. The molecule has 0 amide bonds. The monoisotopic (exact) mass is 154 g/mol. The van der Waals surface area contributed by atoms with E-state index in [0.717, 1.165) is 25.7 Å². The molecule has 11 heavy (non-hydrogen) atoms. The van der Waals surface area contributed by atoms with Crippen molar-refractivity contribution in [2.75, 3.05) is 7.11 Å². The zero-order chi connectivity index (χ0) is 8.32. The third-order valence-corrected chi connectivity index (χ3v) is 2.30. The molecular formula is C9H14O2. The maximum atomic E-state index is 11.1. The van der Waals surface area contributed by atoms with Gasteiger partial charge in [0.25, 0.3) is 0 Å². The number of rotatable bonds is 4. The maximum absolute atomic E-state index is 11.1. The lowest BCUT2D eigenvalue weighted by molar-refractivity contribution is -0.147. The van der Waals surface area contributed by atoms with Gasteiger partial charge in [0.15, 0.2) is 0 Å². The lowest BCUT2D eigenvalue weighted by Gasteiger charge is -2.09. The topological polar surface area (TPSA) is 26.3 Å². The predicted octanol–water partition coefficient (Wildman–Crippen LogP) is 1.91. The van der Waals surface area contributed by atoms with Crippen LogP contribution in [0.1, 0.15) is 25.7 Å². The number of allylic oxidation sites excluding steroid dienone is 1.